The molecule has 0 spiro atoms. The lowest BCUT2D eigenvalue weighted by Gasteiger charge is -2.15. The SMILES string of the molecule is CCc1c(Cl)[nH]c(=O)n(N(C)C)c1=O. The molecule has 14 heavy (non-hydrogen) atoms. The number of aromatic amines is 1. The van der Waals surface area contributed by atoms with Gasteiger partial charge in [-0.05, 0) is 6.42 Å². The molecule has 6 heteroatoms. The van der Waals surface area contributed by atoms with E-state index in [-0.39, 0.29) is 10.7 Å². The van der Waals surface area contributed by atoms with Gasteiger partial charge >= 0.3 is 5.69 Å². The second-order valence-electron chi connectivity index (χ2n) is 3.04. The van der Waals surface area contributed by atoms with Crippen LogP contribution in [0.4, 0.5) is 0 Å². The van der Waals surface area contributed by atoms with Crippen molar-refractivity contribution < 1.29 is 0 Å². The molecule has 0 fully saturated rings. The van der Waals surface area contributed by atoms with Crippen molar-refractivity contribution in [2.24, 2.45) is 0 Å². The number of rotatable bonds is 2. The third-order valence-corrected chi connectivity index (χ3v) is 2.20. The average molecular weight is 218 g/mol. The monoisotopic (exact) mass is 217 g/mol. The van der Waals surface area contributed by atoms with Crippen LogP contribution >= 0.6 is 11.6 Å². The first-order chi connectivity index (χ1) is 6.49. The highest BCUT2D eigenvalue weighted by atomic mass is 35.5. The van der Waals surface area contributed by atoms with Crippen LogP contribution in [0.5, 0.6) is 0 Å². The molecular formula is C8H12ClN3O2. The highest BCUT2D eigenvalue weighted by molar-refractivity contribution is 6.30. The minimum Gasteiger partial charge on any atom is -0.312 e. The zero-order valence-corrected chi connectivity index (χ0v) is 9.05. The summed E-state index contributed by atoms with van der Waals surface area (Å²) < 4.78 is 1.00. The lowest BCUT2D eigenvalue weighted by molar-refractivity contribution is 0.642. The molecule has 0 amide bonds. The first kappa shape index (κ1) is 10.8. The molecule has 1 N–H and O–H groups in total. The maximum atomic E-state index is 11.7. The summed E-state index contributed by atoms with van der Waals surface area (Å²) in [4.78, 5) is 25.5. The van der Waals surface area contributed by atoms with Gasteiger partial charge in [-0.15, -0.1) is 0 Å². The fourth-order valence-electron chi connectivity index (χ4n) is 1.21. The van der Waals surface area contributed by atoms with Crippen LogP contribution in [0.2, 0.25) is 5.15 Å². The molecular weight excluding hydrogens is 206 g/mol. The molecule has 5 nitrogen and oxygen atoms in total. The number of nitrogens with zero attached hydrogens (tertiary/aromatic N) is 2. The van der Waals surface area contributed by atoms with Crippen LogP contribution in [0.1, 0.15) is 12.5 Å². The molecule has 0 aliphatic heterocycles. The van der Waals surface area contributed by atoms with Crippen LogP contribution in [-0.4, -0.2) is 23.8 Å². The number of hydrogen-bond donors (Lipinski definition) is 1. The van der Waals surface area contributed by atoms with Crippen molar-refractivity contribution in [3.63, 3.8) is 0 Å². The molecule has 0 radical (unpaired) electrons. The Balaban J connectivity index is 3.61. The summed E-state index contributed by atoms with van der Waals surface area (Å²) in [5.74, 6) is 0. The average Bonchev–Trinajstić information content (AvgIpc) is 2.02. The van der Waals surface area contributed by atoms with Gasteiger partial charge in [0.2, 0.25) is 0 Å². The van der Waals surface area contributed by atoms with Crippen molar-refractivity contribution in [1.29, 1.82) is 0 Å². The Morgan fingerprint density at radius 1 is 1.43 bits per heavy atom. The van der Waals surface area contributed by atoms with E-state index in [2.05, 4.69) is 4.98 Å². The summed E-state index contributed by atoms with van der Waals surface area (Å²) in [6.45, 7) is 1.81. The third kappa shape index (κ3) is 1.68. The second kappa shape index (κ2) is 3.88. The smallest absolute Gasteiger partial charge is 0.312 e. The Bertz CT molecular complexity index is 447. The zero-order chi connectivity index (χ0) is 10.9. The molecule has 0 saturated heterocycles. The number of nitrogens with one attached hydrogen (secondary N) is 1. The molecule has 0 atom stereocenters. The van der Waals surface area contributed by atoms with E-state index in [1.54, 1.807) is 21.0 Å². The number of hydrogen-bond acceptors (Lipinski definition) is 3. The van der Waals surface area contributed by atoms with Crippen molar-refractivity contribution in [2.45, 2.75) is 13.3 Å². The van der Waals surface area contributed by atoms with Gasteiger partial charge in [-0.25, -0.2) is 4.79 Å². The molecule has 1 aromatic rings. The van der Waals surface area contributed by atoms with Gasteiger partial charge in [-0.2, -0.15) is 4.68 Å². The van der Waals surface area contributed by atoms with Gasteiger partial charge in [0, 0.05) is 14.1 Å². The number of aromatic nitrogens is 2. The van der Waals surface area contributed by atoms with Gasteiger partial charge in [0.05, 0.1) is 5.56 Å². The highest BCUT2D eigenvalue weighted by Crippen LogP contribution is 2.05. The minimum absolute atomic E-state index is 0.126. The molecule has 1 heterocycles. The first-order valence-corrected chi connectivity index (χ1v) is 4.58. The highest BCUT2D eigenvalue weighted by Gasteiger charge is 2.11. The standard InChI is InChI=1S/C8H12ClN3O2/c1-4-5-6(9)10-8(14)12(7(5)13)11(2)3/h4H2,1-3H3,(H,10,14). The normalized spacial score (nSPS) is 10.3. The predicted molar refractivity (Wildman–Crippen MR) is 55.8 cm³/mol. The van der Waals surface area contributed by atoms with Crippen LogP contribution in [0.3, 0.4) is 0 Å². The van der Waals surface area contributed by atoms with E-state index in [9.17, 15) is 9.59 Å². The third-order valence-electron chi connectivity index (χ3n) is 1.88. The van der Waals surface area contributed by atoms with Crippen LogP contribution < -0.4 is 16.3 Å². The molecule has 0 unspecified atom stereocenters. The van der Waals surface area contributed by atoms with E-state index in [4.69, 9.17) is 11.6 Å². The molecule has 0 saturated carbocycles. The van der Waals surface area contributed by atoms with Crippen LogP contribution in [0.15, 0.2) is 9.59 Å². The summed E-state index contributed by atoms with van der Waals surface area (Å²) in [5.41, 5.74) is -0.478. The number of halogens is 1. The Morgan fingerprint density at radius 2 is 2.00 bits per heavy atom. The van der Waals surface area contributed by atoms with Crippen molar-refractivity contribution in [2.75, 3.05) is 19.1 Å². The maximum Gasteiger partial charge on any atom is 0.348 e. The van der Waals surface area contributed by atoms with Crippen LogP contribution in [-0.2, 0) is 6.42 Å². The zero-order valence-electron chi connectivity index (χ0n) is 8.30. The summed E-state index contributed by atoms with van der Waals surface area (Å²) in [5, 5.41) is 1.54. The molecule has 0 aliphatic rings. The van der Waals surface area contributed by atoms with E-state index in [1.807, 2.05) is 0 Å². The van der Waals surface area contributed by atoms with Crippen LogP contribution in [0.25, 0.3) is 0 Å². The molecule has 0 bridgehead atoms. The minimum atomic E-state index is -0.526. The van der Waals surface area contributed by atoms with Crippen LogP contribution in [0, 0.1) is 0 Å². The van der Waals surface area contributed by atoms with E-state index in [0.29, 0.717) is 12.0 Å². The van der Waals surface area contributed by atoms with E-state index < -0.39 is 5.69 Å². The van der Waals surface area contributed by atoms with Gasteiger partial charge in [0.1, 0.15) is 5.15 Å². The number of H-pyrrole nitrogens is 1. The largest absolute Gasteiger partial charge is 0.348 e. The van der Waals surface area contributed by atoms with E-state index in [1.165, 1.54) is 5.01 Å². The molecule has 0 aliphatic carbocycles. The Kier molecular flexibility index (Phi) is 3.00. The molecule has 0 aromatic carbocycles. The topological polar surface area (TPSA) is 58.1 Å². The molecule has 78 valence electrons. The second-order valence-corrected chi connectivity index (χ2v) is 3.42. The summed E-state index contributed by atoms with van der Waals surface area (Å²) >= 11 is 5.72. The van der Waals surface area contributed by atoms with Gasteiger partial charge in [-0.3, -0.25) is 9.78 Å². The van der Waals surface area contributed by atoms with Gasteiger partial charge in [0.15, 0.2) is 0 Å². The quantitative estimate of drug-likeness (QED) is 0.707. The summed E-state index contributed by atoms with van der Waals surface area (Å²) in [6.07, 6.45) is 0.488. The Labute approximate surface area is 85.9 Å². The Morgan fingerprint density at radius 3 is 2.43 bits per heavy atom. The summed E-state index contributed by atoms with van der Waals surface area (Å²) in [6, 6.07) is 0. The van der Waals surface area contributed by atoms with Gasteiger partial charge < -0.3 is 5.01 Å². The van der Waals surface area contributed by atoms with E-state index in [0.717, 1.165) is 4.68 Å². The molecule has 1 rings (SSSR count). The predicted octanol–water partition coefficient (Wildman–Crippen LogP) is -0.0500. The Hall–Kier alpha value is -1.23. The van der Waals surface area contributed by atoms with Crippen molar-refractivity contribution in [3.8, 4) is 0 Å². The van der Waals surface area contributed by atoms with Crippen molar-refractivity contribution >= 4 is 11.6 Å². The lowest BCUT2D eigenvalue weighted by atomic mass is 10.3. The van der Waals surface area contributed by atoms with Crippen molar-refractivity contribution in [3.05, 3.63) is 31.6 Å². The maximum absolute atomic E-state index is 11.7. The lowest BCUT2D eigenvalue weighted by Crippen LogP contribution is -2.47. The fourth-order valence-corrected chi connectivity index (χ4v) is 1.50. The fraction of sp³-hybridized carbons (Fsp3) is 0.500. The van der Waals surface area contributed by atoms with Crippen molar-refractivity contribution in [1.82, 2.24) is 9.66 Å². The van der Waals surface area contributed by atoms with E-state index >= 15 is 0 Å². The first-order valence-electron chi connectivity index (χ1n) is 4.20. The molecule has 1 aromatic heterocycles. The summed E-state index contributed by atoms with van der Waals surface area (Å²) in [7, 11) is 3.23. The van der Waals surface area contributed by atoms with Gasteiger partial charge in [0.25, 0.3) is 5.56 Å². The van der Waals surface area contributed by atoms with Gasteiger partial charge in [-0.1, -0.05) is 18.5 Å².